The number of furan rings is 1. The van der Waals surface area contributed by atoms with Crippen LogP contribution >= 0.6 is 0 Å². The van der Waals surface area contributed by atoms with Crippen molar-refractivity contribution >= 4 is 51.1 Å². The van der Waals surface area contributed by atoms with E-state index in [1.54, 1.807) is 0 Å². The maximum absolute atomic E-state index is 6.31. The molecule has 0 saturated carbocycles. The summed E-state index contributed by atoms with van der Waals surface area (Å²) in [5, 5.41) is 2.33. The van der Waals surface area contributed by atoms with Crippen LogP contribution in [0.4, 0.5) is 11.4 Å². The molecule has 5 aromatic carbocycles. The van der Waals surface area contributed by atoms with Gasteiger partial charge in [-0.05, 0) is 47.4 Å². The number of rotatable bonds is 2. The fraction of sp³-hybridized carbons (Fsp3) is 0. The first-order chi connectivity index (χ1) is 16.4. The zero-order valence-corrected chi connectivity index (χ0v) is 18.0. The number of hydrogen-bond donors (Lipinski definition) is 0. The first-order valence-corrected chi connectivity index (χ1v) is 11.3. The lowest BCUT2D eigenvalue weighted by Gasteiger charge is -2.38. The summed E-state index contributed by atoms with van der Waals surface area (Å²) in [7, 11) is 0. The summed E-state index contributed by atoms with van der Waals surface area (Å²) >= 11 is 0. The fourth-order valence-corrected chi connectivity index (χ4v) is 5.28. The molecule has 2 nitrogen and oxygen atoms in total. The van der Waals surface area contributed by atoms with Gasteiger partial charge in [-0.15, -0.1) is 0 Å². The Hall–Kier alpha value is -4.24. The van der Waals surface area contributed by atoms with Gasteiger partial charge in [-0.25, -0.2) is 0 Å². The lowest BCUT2D eigenvalue weighted by atomic mass is 9.45. The predicted molar refractivity (Wildman–Crippen MR) is 139 cm³/mol. The van der Waals surface area contributed by atoms with Crippen molar-refractivity contribution in [3.05, 3.63) is 121 Å². The van der Waals surface area contributed by atoms with Gasteiger partial charge in [0.1, 0.15) is 11.2 Å². The highest BCUT2D eigenvalue weighted by molar-refractivity contribution is 6.91. The van der Waals surface area contributed by atoms with Crippen LogP contribution in [-0.4, -0.2) is 6.85 Å². The summed E-state index contributed by atoms with van der Waals surface area (Å²) in [6, 6.07) is 43.1. The number of para-hydroxylation sites is 3. The second-order valence-corrected chi connectivity index (χ2v) is 8.57. The zero-order valence-electron chi connectivity index (χ0n) is 18.0. The van der Waals surface area contributed by atoms with Crippen LogP contribution in [0, 0.1) is 0 Å². The second kappa shape index (κ2) is 7.14. The summed E-state index contributed by atoms with van der Waals surface area (Å²) in [4.78, 5) is 2.46. The molecule has 0 unspecified atom stereocenters. The van der Waals surface area contributed by atoms with Crippen LogP contribution in [0.15, 0.2) is 126 Å². The van der Waals surface area contributed by atoms with Crippen LogP contribution in [0.25, 0.3) is 33.1 Å². The van der Waals surface area contributed by atoms with Gasteiger partial charge in [-0.1, -0.05) is 90.4 Å². The Bertz CT molecular complexity index is 1620. The van der Waals surface area contributed by atoms with Gasteiger partial charge in [-0.3, -0.25) is 0 Å². The average Bonchev–Trinajstić information content (AvgIpc) is 3.25. The van der Waals surface area contributed by atoms with E-state index in [-0.39, 0.29) is 6.85 Å². The van der Waals surface area contributed by atoms with Crippen molar-refractivity contribution in [2.24, 2.45) is 0 Å². The van der Waals surface area contributed by atoms with E-state index in [1.807, 2.05) is 12.1 Å². The normalized spacial score (nSPS) is 12.7. The monoisotopic (exact) mass is 421 g/mol. The van der Waals surface area contributed by atoms with Gasteiger partial charge in [0.25, 0.3) is 0 Å². The molecule has 154 valence electrons. The molecule has 0 fully saturated rings. The summed E-state index contributed by atoms with van der Waals surface area (Å²) in [5.74, 6) is 0. The van der Waals surface area contributed by atoms with Crippen molar-refractivity contribution in [2.75, 3.05) is 4.81 Å². The number of benzene rings is 5. The Morgan fingerprint density at radius 2 is 1.24 bits per heavy atom. The highest BCUT2D eigenvalue weighted by Crippen LogP contribution is 2.41. The van der Waals surface area contributed by atoms with Crippen molar-refractivity contribution < 1.29 is 4.42 Å². The molecule has 0 spiro atoms. The molecule has 6 aromatic rings. The topological polar surface area (TPSA) is 16.4 Å². The summed E-state index contributed by atoms with van der Waals surface area (Å²) in [6.45, 7) is 0.0381. The lowest BCUT2D eigenvalue weighted by Crippen LogP contribution is -2.57. The third-order valence-electron chi connectivity index (χ3n) is 6.71. The van der Waals surface area contributed by atoms with Crippen molar-refractivity contribution in [1.82, 2.24) is 0 Å². The van der Waals surface area contributed by atoms with E-state index >= 15 is 0 Å². The molecule has 33 heavy (non-hydrogen) atoms. The number of fused-ring (bicyclic) bond motifs is 6. The predicted octanol–water partition coefficient (Wildman–Crippen LogP) is 6.51. The van der Waals surface area contributed by atoms with Crippen LogP contribution in [-0.2, 0) is 0 Å². The summed E-state index contributed by atoms with van der Waals surface area (Å²) < 4.78 is 6.31. The van der Waals surface area contributed by atoms with E-state index < -0.39 is 0 Å². The van der Waals surface area contributed by atoms with Crippen LogP contribution in [0.3, 0.4) is 0 Å². The highest BCUT2D eigenvalue weighted by atomic mass is 16.3. The Kier molecular flexibility index (Phi) is 3.97. The van der Waals surface area contributed by atoms with Gasteiger partial charge in [0.15, 0.2) is 0 Å². The lowest BCUT2D eigenvalue weighted by molar-refractivity contribution is 0.669. The smallest absolute Gasteiger partial charge is 0.328 e. The molecule has 0 radical (unpaired) electrons. The minimum atomic E-state index is 0.0381. The van der Waals surface area contributed by atoms with Crippen LogP contribution in [0.5, 0.6) is 0 Å². The maximum atomic E-state index is 6.31. The quantitative estimate of drug-likeness (QED) is 0.297. The first kappa shape index (κ1) is 18.3. The van der Waals surface area contributed by atoms with Crippen molar-refractivity contribution in [1.29, 1.82) is 0 Å². The van der Waals surface area contributed by atoms with Gasteiger partial charge in [0.05, 0.1) is 0 Å². The third kappa shape index (κ3) is 2.76. The van der Waals surface area contributed by atoms with E-state index in [1.165, 1.54) is 38.8 Å². The van der Waals surface area contributed by atoms with Crippen molar-refractivity contribution in [3.8, 4) is 11.1 Å². The van der Waals surface area contributed by atoms with Crippen LogP contribution in [0.1, 0.15) is 0 Å². The Morgan fingerprint density at radius 1 is 0.545 bits per heavy atom. The average molecular weight is 421 g/mol. The molecule has 1 aliphatic rings. The molecular weight excluding hydrogens is 401 g/mol. The molecule has 0 bridgehead atoms. The van der Waals surface area contributed by atoms with Gasteiger partial charge >= 0.3 is 6.85 Å². The van der Waals surface area contributed by atoms with E-state index in [0.29, 0.717) is 0 Å². The largest absolute Gasteiger partial charge is 0.456 e. The SMILES string of the molecule is c1ccc(B2c3cc4oc5ccccc5c4cc3-c3ccccc3N2c2ccccc2)cc1. The number of hydrogen-bond acceptors (Lipinski definition) is 2. The summed E-state index contributed by atoms with van der Waals surface area (Å²) in [5.41, 5.74) is 9.29. The van der Waals surface area contributed by atoms with Crippen molar-refractivity contribution in [3.63, 3.8) is 0 Å². The molecule has 3 heteroatoms. The molecule has 0 saturated heterocycles. The minimum Gasteiger partial charge on any atom is -0.456 e. The molecule has 0 atom stereocenters. The van der Waals surface area contributed by atoms with E-state index in [2.05, 4.69) is 114 Å². The first-order valence-electron chi connectivity index (χ1n) is 11.3. The van der Waals surface area contributed by atoms with E-state index in [4.69, 9.17) is 4.42 Å². The van der Waals surface area contributed by atoms with E-state index in [0.717, 1.165) is 16.6 Å². The molecule has 1 aliphatic heterocycles. The maximum Gasteiger partial charge on any atom is 0.328 e. The Labute approximate surface area is 192 Å². The van der Waals surface area contributed by atoms with Gasteiger partial charge in [0, 0.05) is 27.7 Å². The standard InChI is InChI=1S/C30H20BNO/c1-3-11-21(12-4-1)31-27-20-30-26(24-16-8-10-18-29(24)33-30)19-25(27)23-15-7-9-17-28(23)32(31)22-13-5-2-6-14-22/h1-20H. The van der Waals surface area contributed by atoms with Gasteiger partial charge in [0.2, 0.25) is 0 Å². The van der Waals surface area contributed by atoms with Crippen molar-refractivity contribution in [2.45, 2.75) is 0 Å². The molecule has 2 heterocycles. The summed E-state index contributed by atoms with van der Waals surface area (Å²) in [6.07, 6.45) is 0. The van der Waals surface area contributed by atoms with E-state index in [9.17, 15) is 0 Å². The molecule has 0 aliphatic carbocycles. The number of nitrogens with zero attached hydrogens (tertiary/aromatic N) is 1. The molecule has 0 N–H and O–H groups in total. The van der Waals surface area contributed by atoms with Gasteiger partial charge < -0.3 is 9.23 Å². The Morgan fingerprint density at radius 3 is 2.09 bits per heavy atom. The second-order valence-electron chi connectivity index (χ2n) is 8.57. The Balaban J connectivity index is 1.60. The minimum absolute atomic E-state index is 0.0381. The molecule has 7 rings (SSSR count). The van der Waals surface area contributed by atoms with Gasteiger partial charge in [-0.2, -0.15) is 0 Å². The van der Waals surface area contributed by atoms with Crippen LogP contribution < -0.4 is 15.7 Å². The molecule has 0 amide bonds. The van der Waals surface area contributed by atoms with Crippen LogP contribution in [0.2, 0.25) is 0 Å². The number of anilines is 2. The third-order valence-corrected chi connectivity index (χ3v) is 6.71. The highest BCUT2D eigenvalue weighted by Gasteiger charge is 2.37. The zero-order chi connectivity index (χ0) is 21.8. The molecule has 1 aromatic heterocycles. The fourth-order valence-electron chi connectivity index (χ4n) is 5.28. The molecular formula is C30H20BNO.